The van der Waals surface area contributed by atoms with Crippen LogP contribution in [0.15, 0.2) is 30.5 Å². The van der Waals surface area contributed by atoms with Gasteiger partial charge in [0.25, 0.3) is 5.91 Å². The van der Waals surface area contributed by atoms with E-state index in [9.17, 15) is 4.79 Å². The van der Waals surface area contributed by atoms with Gasteiger partial charge in [-0.25, -0.2) is 9.97 Å². The first-order chi connectivity index (χ1) is 12.0. The number of amides is 1. The maximum atomic E-state index is 12.4. The van der Waals surface area contributed by atoms with Crippen LogP contribution in [0.1, 0.15) is 21.6 Å². The number of anilines is 1. The first kappa shape index (κ1) is 17.6. The molecule has 1 N–H and O–H groups in total. The van der Waals surface area contributed by atoms with Crippen molar-refractivity contribution in [1.82, 2.24) is 20.2 Å². The standard InChI is InChI=1S/C18H22ClN5O/c1-13-16(17(25)20-11-14-4-3-5-15(19)10-14)12-21-18(22-13)24-8-6-23(2)7-9-24/h3-5,10,12H,6-9,11H2,1-2H3,(H,20,25). The summed E-state index contributed by atoms with van der Waals surface area (Å²) in [5, 5.41) is 3.55. The fourth-order valence-corrected chi connectivity index (χ4v) is 2.97. The van der Waals surface area contributed by atoms with Crippen LogP contribution in [0, 0.1) is 6.92 Å². The second-order valence-corrected chi connectivity index (χ2v) is 6.71. The number of hydrogen-bond acceptors (Lipinski definition) is 5. The molecule has 0 saturated carbocycles. The predicted octanol–water partition coefficient (Wildman–Crippen LogP) is 2.12. The first-order valence-electron chi connectivity index (χ1n) is 8.33. The summed E-state index contributed by atoms with van der Waals surface area (Å²) in [5.41, 5.74) is 2.14. The van der Waals surface area contributed by atoms with E-state index in [1.54, 1.807) is 6.20 Å². The Morgan fingerprint density at radius 2 is 2.04 bits per heavy atom. The van der Waals surface area contributed by atoms with E-state index < -0.39 is 0 Å². The molecule has 0 spiro atoms. The third-order valence-electron chi connectivity index (χ3n) is 4.34. The minimum atomic E-state index is -0.178. The number of carbonyl (C=O) groups excluding carboxylic acids is 1. The lowest BCUT2D eigenvalue weighted by molar-refractivity contribution is 0.0949. The topological polar surface area (TPSA) is 61.4 Å². The Labute approximate surface area is 152 Å². The van der Waals surface area contributed by atoms with E-state index in [2.05, 4.69) is 32.1 Å². The number of aromatic nitrogens is 2. The van der Waals surface area contributed by atoms with E-state index in [0.29, 0.717) is 28.8 Å². The molecule has 1 amide bonds. The zero-order chi connectivity index (χ0) is 17.8. The van der Waals surface area contributed by atoms with Gasteiger partial charge in [-0.2, -0.15) is 0 Å². The molecule has 0 unspecified atom stereocenters. The van der Waals surface area contributed by atoms with Gasteiger partial charge in [-0.15, -0.1) is 0 Å². The van der Waals surface area contributed by atoms with Crippen LogP contribution in [0.3, 0.4) is 0 Å². The van der Waals surface area contributed by atoms with Crippen LogP contribution in [-0.2, 0) is 6.54 Å². The Morgan fingerprint density at radius 3 is 2.72 bits per heavy atom. The van der Waals surface area contributed by atoms with Crippen molar-refractivity contribution in [1.29, 1.82) is 0 Å². The fraction of sp³-hybridized carbons (Fsp3) is 0.389. The highest BCUT2D eigenvalue weighted by Gasteiger charge is 2.18. The number of aryl methyl sites for hydroxylation is 1. The lowest BCUT2D eigenvalue weighted by Gasteiger charge is -2.32. The van der Waals surface area contributed by atoms with E-state index in [-0.39, 0.29) is 5.91 Å². The number of nitrogens with zero attached hydrogens (tertiary/aromatic N) is 4. The molecule has 1 saturated heterocycles. The average molecular weight is 360 g/mol. The summed E-state index contributed by atoms with van der Waals surface area (Å²) in [5.74, 6) is 0.513. The van der Waals surface area contributed by atoms with Crippen LogP contribution in [0.4, 0.5) is 5.95 Å². The van der Waals surface area contributed by atoms with E-state index in [1.807, 2.05) is 31.2 Å². The minimum absolute atomic E-state index is 0.178. The molecule has 3 rings (SSSR count). The maximum absolute atomic E-state index is 12.4. The van der Waals surface area contributed by atoms with Crippen molar-refractivity contribution in [2.24, 2.45) is 0 Å². The summed E-state index contributed by atoms with van der Waals surface area (Å²) < 4.78 is 0. The Kier molecular flexibility index (Phi) is 5.50. The smallest absolute Gasteiger partial charge is 0.254 e. The molecule has 132 valence electrons. The van der Waals surface area contributed by atoms with Crippen molar-refractivity contribution in [2.45, 2.75) is 13.5 Å². The van der Waals surface area contributed by atoms with Gasteiger partial charge in [-0.1, -0.05) is 23.7 Å². The highest BCUT2D eigenvalue weighted by atomic mass is 35.5. The van der Waals surface area contributed by atoms with Gasteiger partial charge in [0.1, 0.15) is 0 Å². The fourth-order valence-electron chi connectivity index (χ4n) is 2.76. The average Bonchev–Trinajstić information content (AvgIpc) is 2.60. The molecule has 2 aromatic rings. The van der Waals surface area contributed by atoms with E-state index in [1.165, 1.54) is 0 Å². The summed E-state index contributed by atoms with van der Waals surface area (Å²) in [6, 6.07) is 7.43. The second kappa shape index (κ2) is 7.80. The Morgan fingerprint density at radius 1 is 1.28 bits per heavy atom. The molecule has 1 aliphatic rings. The maximum Gasteiger partial charge on any atom is 0.254 e. The molecule has 0 radical (unpaired) electrons. The second-order valence-electron chi connectivity index (χ2n) is 6.27. The van der Waals surface area contributed by atoms with Gasteiger partial charge in [-0.05, 0) is 31.7 Å². The molecule has 0 atom stereocenters. The van der Waals surface area contributed by atoms with Crippen LogP contribution in [0.5, 0.6) is 0 Å². The molecule has 6 nitrogen and oxygen atoms in total. The highest BCUT2D eigenvalue weighted by molar-refractivity contribution is 6.30. The molecule has 2 heterocycles. The third kappa shape index (κ3) is 4.46. The van der Waals surface area contributed by atoms with E-state index in [4.69, 9.17) is 11.6 Å². The molecule has 1 aliphatic heterocycles. The number of halogens is 1. The summed E-state index contributed by atoms with van der Waals surface area (Å²) in [4.78, 5) is 25.8. The Balaban J connectivity index is 1.65. The largest absolute Gasteiger partial charge is 0.348 e. The minimum Gasteiger partial charge on any atom is -0.348 e. The van der Waals surface area contributed by atoms with Gasteiger partial charge in [0.2, 0.25) is 5.95 Å². The van der Waals surface area contributed by atoms with Crippen LogP contribution in [0.25, 0.3) is 0 Å². The summed E-state index contributed by atoms with van der Waals surface area (Å²) in [6.45, 7) is 6.04. The van der Waals surface area contributed by atoms with Crippen molar-refractivity contribution < 1.29 is 4.79 Å². The number of piperazine rings is 1. The van der Waals surface area contributed by atoms with E-state index in [0.717, 1.165) is 31.7 Å². The summed E-state index contributed by atoms with van der Waals surface area (Å²) in [7, 11) is 2.11. The number of carbonyl (C=O) groups is 1. The van der Waals surface area contributed by atoms with Gasteiger partial charge >= 0.3 is 0 Å². The van der Waals surface area contributed by atoms with Crippen molar-refractivity contribution in [3.63, 3.8) is 0 Å². The quantitative estimate of drug-likeness (QED) is 0.906. The molecule has 25 heavy (non-hydrogen) atoms. The van der Waals surface area contributed by atoms with E-state index >= 15 is 0 Å². The van der Waals surface area contributed by atoms with Crippen molar-refractivity contribution in [2.75, 3.05) is 38.1 Å². The van der Waals surface area contributed by atoms with Crippen LogP contribution < -0.4 is 10.2 Å². The molecule has 1 fully saturated rings. The molecule has 1 aromatic carbocycles. The Hall–Kier alpha value is -2.18. The zero-order valence-electron chi connectivity index (χ0n) is 14.5. The summed E-state index contributed by atoms with van der Waals surface area (Å²) in [6.07, 6.45) is 1.61. The lowest BCUT2D eigenvalue weighted by Crippen LogP contribution is -2.45. The van der Waals surface area contributed by atoms with Gasteiger partial charge in [0.15, 0.2) is 0 Å². The van der Waals surface area contributed by atoms with Gasteiger partial charge in [0.05, 0.1) is 11.3 Å². The van der Waals surface area contributed by atoms with Gasteiger partial charge < -0.3 is 15.1 Å². The molecule has 1 aromatic heterocycles. The molecular weight excluding hydrogens is 338 g/mol. The highest BCUT2D eigenvalue weighted by Crippen LogP contribution is 2.14. The van der Waals surface area contributed by atoms with Crippen LogP contribution >= 0.6 is 11.6 Å². The van der Waals surface area contributed by atoms with Crippen LogP contribution in [-0.4, -0.2) is 54.0 Å². The number of benzene rings is 1. The number of likely N-dealkylation sites (N-methyl/N-ethyl adjacent to an activating group) is 1. The molecular formula is C18H22ClN5O. The third-order valence-corrected chi connectivity index (χ3v) is 4.57. The van der Waals surface area contributed by atoms with Crippen molar-refractivity contribution in [3.05, 3.63) is 52.3 Å². The normalized spacial score (nSPS) is 15.2. The molecule has 0 bridgehead atoms. The van der Waals surface area contributed by atoms with Gasteiger partial charge in [-0.3, -0.25) is 4.79 Å². The van der Waals surface area contributed by atoms with Crippen molar-refractivity contribution >= 4 is 23.5 Å². The zero-order valence-corrected chi connectivity index (χ0v) is 15.3. The summed E-state index contributed by atoms with van der Waals surface area (Å²) >= 11 is 5.96. The monoisotopic (exact) mass is 359 g/mol. The molecule has 0 aliphatic carbocycles. The lowest BCUT2D eigenvalue weighted by atomic mass is 10.2. The number of hydrogen-bond donors (Lipinski definition) is 1. The number of nitrogens with one attached hydrogen (secondary N) is 1. The predicted molar refractivity (Wildman–Crippen MR) is 99.1 cm³/mol. The van der Waals surface area contributed by atoms with Crippen LogP contribution in [0.2, 0.25) is 5.02 Å². The van der Waals surface area contributed by atoms with Gasteiger partial charge in [0, 0.05) is 43.9 Å². The first-order valence-corrected chi connectivity index (χ1v) is 8.70. The Bertz CT molecular complexity index is 759. The van der Waals surface area contributed by atoms with Crippen molar-refractivity contribution in [3.8, 4) is 0 Å². The molecule has 7 heteroatoms. The SMILES string of the molecule is Cc1nc(N2CCN(C)CC2)ncc1C(=O)NCc1cccc(Cl)c1. The number of rotatable bonds is 4.